The van der Waals surface area contributed by atoms with E-state index in [1.807, 2.05) is 26.0 Å². The van der Waals surface area contributed by atoms with E-state index in [1.165, 1.54) is 11.3 Å². The number of methoxy groups -OCH3 is 1. The minimum atomic E-state index is -0.657. The molecule has 0 saturated carbocycles. The summed E-state index contributed by atoms with van der Waals surface area (Å²) >= 11 is 0. The van der Waals surface area contributed by atoms with E-state index in [0.29, 0.717) is 12.0 Å². The molecule has 0 bridgehead atoms. The van der Waals surface area contributed by atoms with Crippen molar-refractivity contribution in [2.24, 2.45) is 0 Å². The van der Waals surface area contributed by atoms with E-state index in [2.05, 4.69) is 24.8 Å². The Morgan fingerprint density at radius 1 is 1.42 bits per heavy atom. The van der Waals surface area contributed by atoms with Gasteiger partial charge in [0.15, 0.2) is 0 Å². The molecule has 0 aromatic heterocycles. The maximum atomic E-state index is 10.1. The first-order valence-corrected chi connectivity index (χ1v) is 6.99. The lowest BCUT2D eigenvalue weighted by molar-refractivity contribution is 0.0641. The SMILES string of the molecule is COc1cccc2c1C(CC(C)(C)O)CN2C(C)C. The first-order chi connectivity index (χ1) is 8.83. The Morgan fingerprint density at radius 2 is 2.11 bits per heavy atom. The highest BCUT2D eigenvalue weighted by molar-refractivity contribution is 5.66. The fourth-order valence-electron chi connectivity index (χ4n) is 3.06. The van der Waals surface area contributed by atoms with Crippen LogP contribution in [0.5, 0.6) is 5.75 Å². The molecule has 1 heterocycles. The first kappa shape index (κ1) is 14.2. The Balaban J connectivity index is 2.42. The number of anilines is 1. The van der Waals surface area contributed by atoms with Gasteiger partial charge in [-0.05, 0) is 46.2 Å². The lowest BCUT2D eigenvalue weighted by Gasteiger charge is -2.26. The Bertz CT molecular complexity index is 449. The number of hydrogen-bond acceptors (Lipinski definition) is 3. The molecule has 1 aromatic carbocycles. The van der Waals surface area contributed by atoms with Crippen LogP contribution in [0.4, 0.5) is 5.69 Å². The standard InChI is InChI=1S/C16H25NO2/c1-11(2)17-10-12(9-16(3,4)18)15-13(17)7-6-8-14(15)19-5/h6-8,11-12,18H,9-10H2,1-5H3. The molecule has 3 heteroatoms. The summed E-state index contributed by atoms with van der Waals surface area (Å²) in [7, 11) is 1.72. The van der Waals surface area contributed by atoms with E-state index >= 15 is 0 Å². The van der Waals surface area contributed by atoms with Gasteiger partial charge in [0.2, 0.25) is 0 Å². The van der Waals surface area contributed by atoms with Gasteiger partial charge in [-0.2, -0.15) is 0 Å². The van der Waals surface area contributed by atoms with Gasteiger partial charge in [0, 0.05) is 29.8 Å². The van der Waals surface area contributed by atoms with Crippen molar-refractivity contribution in [3.8, 4) is 5.75 Å². The van der Waals surface area contributed by atoms with E-state index in [9.17, 15) is 5.11 Å². The third-order valence-corrected chi connectivity index (χ3v) is 3.77. The van der Waals surface area contributed by atoms with Gasteiger partial charge in [0.25, 0.3) is 0 Å². The van der Waals surface area contributed by atoms with Crippen LogP contribution in [0, 0.1) is 0 Å². The van der Waals surface area contributed by atoms with Gasteiger partial charge in [-0.1, -0.05) is 6.07 Å². The minimum Gasteiger partial charge on any atom is -0.496 e. The van der Waals surface area contributed by atoms with Crippen LogP contribution in [-0.2, 0) is 0 Å². The maximum absolute atomic E-state index is 10.1. The molecule has 0 radical (unpaired) electrons. The van der Waals surface area contributed by atoms with E-state index in [0.717, 1.165) is 18.7 Å². The number of rotatable bonds is 4. The van der Waals surface area contributed by atoms with Crippen molar-refractivity contribution in [1.82, 2.24) is 0 Å². The molecule has 3 nitrogen and oxygen atoms in total. The molecule has 0 spiro atoms. The van der Waals surface area contributed by atoms with Crippen LogP contribution >= 0.6 is 0 Å². The highest BCUT2D eigenvalue weighted by atomic mass is 16.5. The van der Waals surface area contributed by atoms with Crippen LogP contribution in [-0.4, -0.2) is 30.4 Å². The normalized spacial score (nSPS) is 18.9. The molecule has 0 amide bonds. The van der Waals surface area contributed by atoms with Gasteiger partial charge >= 0.3 is 0 Å². The van der Waals surface area contributed by atoms with Crippen molar-refractivity contribution in [2.45, 2.75) is 51.7 Å². The lowest BCUT2D eigenvalue weighted by atomic mass is 9.89. The molecule has 0 aliphatic carbocycles. The smallest absolute Gasteiger partial charge is 0.124 e. The molecule has 1 unspecified atom stereocenters. The minimum absolute atomic E-state index is 0.327. The first-order valence-electron chi connectivity index (χ1n) is 6.99. The summed E-state index contributed by atoms with van der Waals surface area (Å²) in [6.07, 6.45) is 0.754. The molecule has 0 fully saturated rings. The highest BCUT2D eigenvalue weighted by Crippen LogP contribution is 2.45. The monoisotopic (exact) mass is 263 g/mol. The molecule has 1 aliphatic heterocycles. The molecule has 2 rings (SSSR count). The van der Waals surface area contributed by atoms with Gasteiger partial charge in [0.1, 0.15) is 5.75 Å². The quantitative estimate of drug-likeness (QED) is 0.905. The Labute approximate surface area is 116 Å². The number of aliphatic hydroxyl groups is 1. The lowest BCUT2D eigenvalue weighted by Crippen LogP contribution is -2.31. The highest BCUT2D eigenvalue weighted by Gasteiger charge is 2.35. The van der Waals surface area contributed by atoms with Gasteiger partial charge in [-0.3, -0.25) is 0 Å². The number of benzene rings is 1. The van der Waals surface area contributed by atoms with Crippen molar-refractivity contribution >= 4 is 5.69 Å². The van der Waals surface area contributed by atoms with Crippen LogP contribution in [0.25, 0.3) is 0 Å². The van der Waals surface area contributed by atoms with Crippen LogP contribution in [0.15, 0.2) is 18.2 Å². The Morgan fingerprint density at radius 3 is 2.63 bits per heavy atom. The largest absolute Gasteiger partial charge is 0.496 e. The van der Waals surface area contributed by atoms with Crippen molar-refractivity contribution in [2.75, 3.05) is 18.6 Å². The van der Waals surface area contributed by atoms with E-state index < -0.39 is 5.60 Å². The van der Waals surface area contributed by atoms with Gasteiger partial charge in [0.05, 0.1) is 12.7 Å². The average molecular weight is 263 g/mol. The zero-order valence-corrected chi connectivity index (χ0v) is 12.6. The molecule has 19 heavy (non-hydrogen) atoms. The van der Waals surface area contributed by atoms with Crippen molar-refractivity contribution in [3.05, 3.63) is 23.8 Å². The van der Waals surface area contributed by atoms with Crippen molar-refractivity contribution in [3.63, 3.8) is 0 Å². The van der Waals surface area contributed by atoms with Gasteiger partial charge < -0.3 is 14.7 Å². The van der Waals surface area contributed by atoms with Crippen molar-refractivity contribution < 1.29 is 9.84 Å². The summed E-state index contributed by atoms with van der Waals surface area (Å²) in [5, 5.41) is 10.1. The molecule has 1 aromatic rings. The third-order valence-electron chi connectivity index (χ3n) is 3.77. The van der Waals surface area contributed by atoms with Gasteiger partial charge in [-0.15, -0.1) is 0 Å². The number of fused-ring (bicyclic) bond motifs is 1. The zero-order chi connectivity index (χ0) is 14.2. The molecular formula is C16H25NO2. The maximum Gasteiger partial charge on any atom is 0.124 e. The number of nitrogens with zero attached hydrogens (tertiary/aromatic N) is 1. The fraction of sp³-hybridized carbons (Fsp3) is 0.625. The predicted molar refractivity (Wildman–Crippen MR) is 79.1 cm³/mol. The molecule has 0 saturated heterocycles. The van der Waals surface area contributed by atoms with Crippen LogP contribution in [0.1, 0.15) is 45.6 Å². The fourth-order valence-corrected chi connectivity index (χ4v) is 3.06. The summed E-state index contributed by atoms with van der Waals surface area (Å²) in [4.78, 5) is 2.40. The van der Waals surface area contributed by atoms with E-state index in [4.69, 9.17) is 4.74 Å². The molecule has 1 aliphatic rings. The summed E-state index contributed by atoms with van der Waals surface area (Å²) in [6.45, 7) is 9.11. The van der Waals surface area contributed by atoms with E-state index in [1.54, 1.807) is 7.11 Å². The Hall–Kier alpha value is -1.22. The van der Waals surface area contributed by atoms with Crippen molar-refractivity contribution in [1.29, 1.82) is 0 Å². The van der Waals surface area contributed by atoms with Crippen LogP contribution in [0.2, 0.25) is 0 Å². The molecule has 106 valence electrons. The predicted octanol–water partition coefficient (Wildman–Crippen LogP) is 3.17. The number of ether oxygens (including phenoxy) is 1. The summed E-state index contributed by atoms with van der Waals surface area (Å²) in [5.74, 6) is 1.27. The Kier molecular flexibility index (Phi) is 3.77. The van der Waals surface area contributed by atoms with E-state index in [-0.39, 0.29) is 0 Å². The van der Waals surface area contributed by atoms with Gasteiger partial charge in [-0.25, -0.2) is 0 Å². The second-order valence-corrected chi connectivity index (χ2v) is 6.35. The average Bonchev–Trinajstić information content (AvgIpc) is 2.66. The van der Waals surface area contributed by atoms with Crippen LogP contribution < -0.4 is 9.64 Å². The number of hydrogen-bond donors (Lipinski definition) is 1. The summed E-state index contributed by atoms with van der Waals surface area (Å²) in [5.41, 5.74) is 1.85. The molecular weight excluding hydrogens is 238 g/mol. The topological polar surface area (TPSA) is 32.7 Å². The summed E-state index contributed by atoms with van der Waals surface area (Å²) in [6, 6.07) is 6.67. The second-order valence-electron chi connectivity index (χ2n) is 6.35. The third kappa shape index (κ3) is 2.86. The zero-order valence-electron chi connectivity index (χ0n) is 12.6. The summed E-state index contributed by atoms with van der Waals surface area (Å²) < 4.78 is 5.52. The van der Waals surface area contributed by atoms with Crippen LogP contribution in [0.3, 0.4) is 0 Å². The molecule has 1 atom stereocenters. The second kappa shape index (κ2) is 5.04. The molecule has 1 N–H and O–H groups in total.